The predicted molar refractivity (Wildman–Crippen MR) is 36.3 cm³/mol. The topological polar surface area (TPSA) is 18.5 Å². The minimum absolute atomic E-state index is 0.237. The first-order valence-electron chi connectivity index (χ1n) is 2.45. The summed E-state index contributed by atoms with van der Waals surface area (Å²) in [5.41, 5.74) is 0. The van der Waals surface area contributed by atoms with Crippen LogP contribution in [0, 0.1) is 0 Å². The third kappa shape index (κ3) is 2.52. The quantitative estimate of drug-likeness (QED) is 0.553. The predicted octanol–water partition coefficient (Wildman–Crippen LogP) is 3.00. The van der Waals surface area contributed by atoms with Crippen LogP contribution < -0.4 is 0 Å². The molecule has 1 saturated heterocycles. The first-order chi connectivity index (χ1) is 3.97. The maximum atomic E-state index is 12.8. The monoisotopic (exact) mass is 194 g/mol. The second kappa shape index (κ2) is 2.18. The molecule has 0 unspecified atom stereocenters. The molecular weight excluding hydrogens is 189 g/mol. The standard InChI is InChI=1S/C3H6Cl2FO2P/c4-9(5,6)7-2-1-3-8-9/h1-3H2. The first kappa shape index (κ1) is 7.96. The summed E-state index contributed by atoms with van der Waals surface area (Å²) in [6.45, 7) is 0.475. The van der Waals surface area contributed by atoms with Gasteiger partial charge in [-0.2, -0.15) is 0 Å². The molecule has 0 aromatic rings. The van der Waals surface area contributed by atoms with Gasteiger partial charge in [0.15, 0.2) is 0 Å². The van der Waals surface area contributed by atoms with Crippen LogP contribution in [-0.2, 0) is 9.05 Å². The van der Waals surface area contributed by atoms with Crippen LogP contribution in [0.5, 0.6) is 0 Å². The van der Waals surface area contributed by atoms with E-state index in [0.29, 0.717) is 6.42 Å². The zero-order valence-corrected chi connectivity index (χ0v) is 6.93. The molecule has 2 nitrogen and oxygen atoms in total. The van der Waals surface area contributed by atoms with Gasteiger partial charge < -0.3 is 0 Å². The van der Waals surface area contributed by atoms with Crippen molar-refractivity contribution in [3.8, 4) is 0 Å². The van der Waals surface area contributed by atoms with Gasteiger partial charge in [-0.15, -0.1) is 0 Å². The number of halogens is 3. The second-order valence-corrected chi connectivity index (χ2v) is 7.53. The Kier molecular flexibility index (Phi) is 1.92. The van der Waals surface area contributed by atoms with Crippen molar-refractivity contribution >= 4 is 28.6 Å². The molecule has 0 saturated carbocycles. The summed E-state index contributed by atoms with van der Waals surface area (Å²) < 4.78 is 21.6. The molecule has 56 valence electrons. The Balaban J connectivity index is 2.58. The summed E-state index contributed by atoms with van der Waals surface area (Å²) in [6, 6.07) is 0. The van der Waals surface area contributed by atoms with E-state index in [0.717, 1.165) is 0 Å². The van der Waals surface area contributed by atoms with Crippen molar-refractivity contribution in [2.75, 3.05) is 13.2 Å². The van der Waals surface area contributed by atoms with Gasteiger partial charge in [0.25, 0.3) is 0 Å². The average Bonchev–Trinajstić information content (AvgIpc) is 1.62. The van der Waals surface area contributed by atoms with Crippen LogP contribution >= 0.6 is 28.6 Å². The van der Waals surface area contributed by atoms with Crippen molar-refractivity contribution in [1.29, 1.82) is 0 Å². The fourth-order valence-electron chi connectivity index (χ4n) is 0.507. The van der Waals surface area contributed by atoms with E-state index in [1.807, 2.05) is 0 Å². The summed E-state index contributed by atoms with van der Waals surface area (Å²) in [5.74, 6) is 0. The van der Waals surface area contributed by atoms with Gasteiger partial charge in [0.05, 0.1) is 0 Å². The average molecular weight is 195 g/mol. The fraction of sp³-hybridized carbons (Fsp3) is 1.00. The van der Waals surface area contributed by atoms with Crippen molar-refractivity contribution in [3.05, 3.63) is 0 Å². The number of rotatable bonds is 0. The molecule has 0 aliphatic carbocycles. The van der Waals surface area contributed by atoms with E-state index < -0.39 is 6.07 Å². The molecule has 0 aromatic carbocycles. The summed E-state index contributed by atoms with van der Waals surface area (Å²) in [4.78, 5) is 0. The van der Waals surface area contributed by atoms with Crippen molar-refractivity contribution in [3.63, 3.8) is 0 Å². The van der Waals surface area contributed by atoms with Crippen LogP contribution in [-0.4, -0.2) is 13.2 Å². The third-order valence-corrected chi connectivity index (χ3v) is 3.20. The molecule has 0 radical (unpaired) electrons. The van der Waals surface area contributed by atoms with E-state index in [1.165, 1.54) is 0 Å². The molecule has 1 heterocycles. The summed E-state index contributed by atoms with van der Waals surface area (Å²) in [6.07, 6.45) is -3.96. The molecule has 0 atom stereocenters. The van der Waals surface area contributed by atoms with Gasteiger partial charge in [0.2, 0.25) is 0 Å². The Morgan fingerprint density at radius 1 is 1.22 bits per heavy atom. The molecule has 0 amide bonds. The van der Waals surface area contributed by atoms with Gasteiger partial charge in [-0.1, -0.05) is 0 Å². The Bertz CT molecular complexity index is 113. The van der Waals surface area contributed by atoms with Crippen LogP contribution in [0.1, 0.15) is 6.42 Å². The molecule has 1 aliphatic heterocycles. The Hall–Kier alpha value is 0.860. The third-order valence-electron chi connectivity index (χ3n) is 0.869. The van der Waals surface area contributed by atoms with Gasteiger partial charge >= 0.3 is 61.4 Å². The SMILES string of the molecule is FP1(Cl)(Cl)OCCCO1. The van der Waals surface area contributed by atoms with Crippen molar-refractivity contribution in [2.45, 2.75) is 6.42 Å². The normalized spacial score (nSPS) is 36.6. The molecule has 0 bridgehead atoms. The van der Waals surface area contributed by atoms with Crippen LogP contribution in [0.2, 0.25) is 0 Å². The summed E-state index contributed by atoms with van der Waals surface area (Å²) in [5, 5.41) is 0. The molecule has 1 aliphatic rings. The summed E-state index contributed by atoms with van der Waals surface area (Å²) in [7, 11) is 0. The van der Waals surface area contributed by atoms with E-state index in [2.05, 4.69) is 9.05 Å². The Morgan fingerprint density at radius 3 is 1.89 bits per heavy atom. The summed E-state index contributed by atoms with van der Waals surface area (Å²) >= 11 is 10.2. The molecule has 0 spiro atoms. The molecular formula is C3H6Cl2FO2P. The molecule has 0 aromatic heterocycles. The fourth-order valence-corrected chi connectivity index (χ4v) is 2.23. The van der Waals surface area contributed by atoms with E-state index in [4.69, 9.17) is 22.5 Å². The van der Waals surface area contributed by atoms with Crippen LogP contribution in [0.15, 0.2) is 0 Å². The van der Waals surface area contributed by atoms with Crippen molar-refractivity contribution in [1.82, 2.24) is 0 Å². The maximum absolute atomic E-state index is 12.8. The van der Waals surface area contributed by atoms with Gasteiger partial charge in [-0.3, -0.25) is 0 Å². The van der Waals surface area contributed by atoms with E-state index in [1.54, 1.807) is 0 Å². The van der Waals surface area contributed by atoms with E-state index >= 15 is 0 Å². The molecule has 9 heavy (non-hydrogen) atoms. The molecule has 0 N–H and O–H groups in total. The van der Waals surface area contributed by atoms with Crippen LogP contribution in [0.4, 0.5) is 4.20 Å². The Labute approximate surface area is 62.0 Å². The van der Waals surface area contributed by atoms with E-state index in [-0.39, 0.29) is 13.2 Å². The molecule has 1 rings (SSSR count). The van der Waals surface area contributed by atoms with Crippen molar-refractivity contribution in [2.24, 2.45) is 0 Å². The zero-order chi connectivity index (χ0) is 6.98. The Morgan fingerprint density at radius 2 is 1.67 bits per heavy atom. The van der Waals surface area contributed by atoms with Crippen LogP contribution in [0.25, 0.3) is 0 Å². The number of hydrogen-bond acceptors (Lipinski definition) is 2. The minimum atomic E-state index is -4.60. The van der Waals surface area contributed by atoms with Gasteiger partial charge in [0.1, 0.15) is 0 Å². The van der Waals surface area contributed by atoms with Gasteiger partial charge in [-0.05, 0) is 0 Å². The van der Waals surface area contributed by atoms with Gasteiger partial charge in [0, 0.05) is 0 Å². The van der Waals surface area contributed by atoms with Crippen LogP contribution in [0.3, 0.4) is 0 Å². The number of hydrogen-bond donors (Lipinski definition) is 0. The second-order valence-electron chi connectivity index (χ2n) is 1.70. The van der Waals surface area contributed by atoms with Gasteiger partial charge in [-0.25, -0.2) is 0 Å². The zero-order valence-electron chi connectivity index (χ0n) is 4.52. The van der Waals surface area contributed by atoms with Crippen molar-refractivity contribution < 1.29 is 13.2 Å². The molecule has 6 heteroatoms. The first-order valence-corrected chi connectivity index (χ1v) is 6.22. The molecule has 1 fully saturated rings. The van der Waals surface area contributed by atoms with E-state index in [9.17, 15) is 4.20 Å².